The van der Waals surface area contributed by atoms with Gasteiger partial charge in [0.05, 0.1) is 0 Å². The minimum Gasteiger partial charge on any atom is -0.317 e. The Hall–Kier alpha value is -1.14. The van der Waals surface area contributed by atoms with Gasteiger partial charge < -0.3 is 10.6 Å². The monoisotopic (exact) mass is 172 g/mol. The first-order chi connectivity index (χ1) is 5.57. The number of nitrogens with two attached hydrogens (primary N) is 1. The zero-order valence-corrected chi connectivity index (χ0v) is 7.00. The van der Waals surface area contributed by atoms with Gasteiger partial charge in [-0.1, -0.05) is 0 Å². The van der Waals surface area contributed by atoms with Crippen LogP contribution in [0.3, 0.4) is 0 Å². The summed E-state index contributed by atoms with van der Waals surface area (Å²) < 4.78 is 0. The highest BCUT2D eigenvalue weighted by Gasteiger charge is 2.35. The van der Waals surface area contributed by atoms with Crippen LogP contribution >= 0.6 is 0 Å². The molecule has 6 nitrogen and oxygen atoms in total. The van der Waals surface area contributed by atoms with Gasteiger partial charge in [-0.2, -0.15) is 0 Å². The van der Waals surface area contributed by atoms with Gasteiger partial charge in [0, 0.05) is 7.05 Å². The van der Waals surface area contributed by atoms with E-state index in [0.29, 0.717) is 0 Å². The van der Waals surface area contributed by atoms with Crippen molar-refractivity contribution in [1.82, 2.24) is 15.5 Å². The van der Waals surface area contributed by atoms with Gasteiger partial charge in [-0.15, -0.1) is 0 Å². The smallest absolute Gasteiger partial charge is 0.317 e. The second-order valence-corrected chi connectivity index (χ2v) is 2.66. The molecule has 3 amide bonds. The second-order valence-electron chi connectivity index (χ2n) is 2.66. The van der Waals surface area contributed by atoms with Crippen molar-refractivity contribution in [2.45, 2.75) is 12.2 Å². The lowest BCUT2D eigenvalue weighted by Gasteiger charge is -2.35. The van der Waals surface area contributed by atoms with Crippen molar-refractivity contribution < 1.29 is 9.59 Å². The van der Waals surface area contributed by atoms with E-state index >= 15 is 0 Å². The molecular formula is C6H12N4O2. The number of hydrogen-bond acceptors (Lipinski definition) is 4. The highest BCUT2D eigenvalue weighted by atomic mass is 16.2. The molecule has 1 aliphatic rings. The van der Waals surface area contributed by atoms with Gasteiger partial charge >= 0.3 is 6.03 Å². The molecule has 0 aromatic carbocycles. The second kappa shape index (κ2) is 3.08. The fraction of sp³-hybridized carbons (Fsp3) is 0.667. The predicted molar refractivity (Wildman–Crippen MR) is 42.1 cm³/mol. The zero-order valence-electron chi connectivity index (χ0n) is 7.00. The lowest BCUT2D eigenvalue weighted by Crippen LogP contribution is -2.68. The number of nitrogens with zero attached hydrogens (tertiary/aromatic N) is 1. The van der Waals surface area contributed by atoms with E-state index < -0.39 is 24.1 Å². The van der Waals surface area contributed by atoms with Gasteiger partial charge in [0.15, 0.2) is 0 Å². The number of carbonyl (C=O) groups excluding carboxylic acids is 2. The minimum absolute atomic E-state index is 0.425. The number of rotatable bonds is 1. The normalized spacial score (nSPS) is 30.4. The van der Waals surface area contributed by atoms with Gasteiger partial charge in [0.1, 0.15) is 12.2 Å². The molecule has 2 unspecified atom stereocenters. The summed E-state index contributed by atoms with van der Waals surface area (Å²) in [5.74, 6) is -0.447. The van der Waals surface area contributed by atoms with Crippen LogP contribution in [0.15, 0.2) is 0 Å². The molecule has 1 aliphatic heterocycles. The van der Waals surface area contributed by atoms with E-state index in [1.807, 2.05) is 0 Å². The Morgan fingerprint density at radius 3 is 2.67 bits per heavy atom. The SMILES string of the molecule is CNC1C(N)C(=O)NC(=O)N1C. The minimum atomic E-state index is -0.710. The summed E-state index contributed by atoms with van der Waals surface area (Å²) in [6.45, 7) is 0. The number of hydrogen-bond donors (Lipinski definition) is 3. The van der Waals surface area contributed by atoms with Crippen LogP contribution in [0.1, 0.15) is 0 Å². The molecule has 6 heteroatoms. The van der Waals surface area contributed by atoms with Crippen molar-refractivity contribution in [3.05, 3.63) is 0 Å². The summed E-state index contributed by atoms with van der Waals surface area (Å²) in [5.41, 5.74) is 5.52. The molecule has 2 atom stereocenters. The lowest BCUT2D eigenvalue weighted by molar-refractivity contribution is -0.124. The number of carbonyl (C=O) groups is 2. The lowest BCUT2D eigenvalue weighted by atomic mass is 10.1. The molecular weight excluding hydrogens is 160 g/mol. The summed E-state index contributed by atoms with van der Waals surface area (Å²) in [5, 5.41) is 4.91. The zero-order chi connectivity index (χ0) is 9.30. The number of urea groups is 1. The van der Waals surface area contributed by atoms with Crippen LogP contribution in [-0.4, -0.2) is 43.1 Å². The molecule has 4 N–H and O–H groups in total. The fourth-order valence-electron chi connectivity index (χ4n) is 1.16. The standard InChI is InChI=1S/C6H12N4O2/c1-8-4-3(7)5(11)9-6(12)10(4)2/h3-4,8H,7H2,1-2H3,(H,9,11,12). The Morgan fingerprint density at radius 1 is 1.58 bits per heavy atom. The Balaban J connectivity index is 2.80. The van der Waals surface area contributed by atoms with Crippen molar-refractivity contribution in [3.8, 4) is 0 Å². The molecule has 1 fully saturated rings. The first-order valence-electron chi connectivity index (χ1n) is 3.58. The first-order valence-corrected chi connectivity index (χ1v) is 3.58. The Bertz CT molecular complexity index is 198. The van der Waals surface area contributed by atoms with Gasteiger partial charge in [-0.3, -0.25) is 15.4 Å². The third kappa shape index (κ3) is 1.26. The van der Waals surface area contributed by atoms with Crippen molar-refractivity contribution in [2.75, 3.05) is 14.1 Å². The Kier molecular flexibility index (Phi) is 2.30. The van der Waals surface area contributed by atoms with Crippen LogP contribution in [0, 0.1) is 0 Å². The summed E-state index contributed by atoms with van der Waals surface area (Å²) in [6.07, 6.45) is -0.425. The average Bonchev–Trinajstić information content (AvgIpc) is 2.02. The third-order valence-corrected chi connectivity index (χ3v) is 1.91. The quantitative estimate of drug-likeness (QED) is 0.428. The van der Waals surface area contributed by atoms with Crippen molar-refractivity contribution in [3.63, 3.8) is 0 Å². The number of likely N-dealkylation sites (N-methyl/N-ethyl adjacent to an activating group) is 2. The van der Waals surface area contributed by atoms with Crippen LogP contribution in [0.4, 0.5) is 4.79 Å². The summed E-state index contributed by atoms with van der Waals surface area (Å²) in [6, 6.07) is -1.14. The van der Waals surface area contributed by atoms with E-state index in [4.69, 9.17) is 5.73 Å². The predicted octanol–water partition coefficient (Wildman–Crippen LogP) is -1.96. The largest absolute Gasteiger partial charge is 0.325 e. The van der Waals surface area contributed by atoms with Crippen LogP contribution in [0.5, 0.6) is 0 Å². The van der Waals surface area contributed by atoms with Gasteiger partial charge in [0.25, 0.3) is 0 Å². The van der Waals surface area contributed by atoms with E-state index in [0.717, 1.165) is 0 Å². The molecule has 0 aliphatic carbocycles. The third-order valence-electron chi connectivity index (χ3n) is 1.91. The molecule has 1 saturated heterocycles. The van der Waals surface area contributed by atoms with E-state index in [9.17, 15) is 9.59 Å². The first kappa shape index (κ1) is 8.95. The average molecular weight is 172 g/mol. The Morgan fingerprint density at radius 2 is 2.17 bits per heavy atom. The molecule has 0 spiro atoms. The summed E-state index contributed by atoms with van der Waals surface area (Å²) >= 11 is 0. The Labute approximate surface area is 70.1 Å². The maximum atomic E-state index is 11.0. The van der Waals surface area contributed by atoms with Crippen LogP contribution in [0.25, 0.3) is 0 Å². The highest BCUT2D eigenvalue weighted by molar-refractivity contribution is 6.00. The molecule has 0 aromatic heterocycles. The summed E-state index contributed by atoms with van der Waals surface area (Å²) in [7, 11) is 3.22. The number of amides is 3. The van der Waals surface area contributed by atoms with Crippen molar-refractivity contribution >= 4 is 11.9 Å². The van der Waals surface area contributed by atoms with Crippen LogP contribution in [0.2, 0.25) is 0 Å². The molecule has 12 heavy (non-hydrogen) atoms. The van der Waals surface area contributed by atoms with Gasteiger partial charge in [-0.25, -0.2) is 4.79 Å². The number of nitrogens with one attached hydrogen (secondary N) is 2. The molecule has 1 rings (SSSR count). The van der Waals surface area contributed by atoms with Crippen LogP contribution in [-0.2, 0) is 4.79 Å². The maximum absolute atomic E-state index is 11.0. The molecule has 0 saturated carbocycles. The molecule has 1 heterocycles. The molecule has 0 bridgehead atoms. The summed E-state index contributed by atoms with van der Waals surface area (Å²) in [4.78, 5) is 23.4. The topological polar surface area (TPSA) is 87.5 Å². The van der Waals surface area contributed by atoms with Gasteiger partial charge in [-0.05, 0) is 7.05 Å². The molecule has 0 aromatic rings. The van der Waals surface area contributed by atoms with Crippen molar-refractivity contribution in [1.29, 1.82) is 0 Å². The molecule has 0 radical (unpaired) electrons. The van der Waals surface area contributed by atoms with Crippen LogP contribution < -0.4 is 16.4 Å². The van der Waals surface area contributed by atoms with E-state index in [2.05, 4.69) is 10.6 Å². The van der Waals surface area contributed by atoms with E-state index in [1.165, 1.54) is 4.90 Å². The fourth-order valence-corrected chi connectivity index (χ4v) is 1.16. The maximum Gasteiger partial charge on any atom is 0.325 e. The van der Waals surface area contributed by atoms with Crippen molar-refractivity contribution in [2.24, 2.45) is 5.73 Å². The van der Waals surface area contributed by atoms with Gasteiger partial charge in [0.2, 0.25) is 5.91 Å². The van der Waals surface area contributed by atoms with E-state index in [1.54, 1.807) is 14.1 Å². The van der Waals surface area contributed by atoms with E-state index in [-0.39, 0.29) is 0 Å². The molecule has 68 valence electrons. The number of imide groups is 1. The highest BCUT2D eigenvalue weighted by Crippen LogP contribution is 2.03.